The lowest BCUT2D eigenvalue weighted by molar-refractivity contribution is -0.385. The quantitative estimate of drug-likeness (QED) is 0.200. The average Bonchev–Trinajstić information content (AvgIpc) is 2.94. The van der Waals surface area contributed by atoms with Crippen LogP contribution in [0.5, 0.6) is 0 Å². The van der Waals surface area contributed by atoms with E-state index in [4.69, 9.17) is 9.47 Å². The van der Waals surface area contributed by atoms with E-state index in [1.54, 1.807) is 6.92 Å². The number of rotatable bonds is 12. The van der Waals surface area contributed by atoms with Gasteiger partial charge in [0, 0.05) is 47.6 Å². The van der Waals surface area contributed by atoms with Gasteiger partial charge in [-0.25, -0.2) is 14.0 Å². The third kappa shape index (κ3) is 7.58. The first-order valence-electron chi connectivity index (χ1n) is 13.6. The van der Waals surface area contributed by atoms with E-state index in [-0.39, 0.29) is 29.0 Å². The van der Waals surface area contributed by atoms with Crippen LogP contribution in [0.4, 0.5) is 10.1 Å². The number of carbonyl (C=O) groups is 2. The van der Waals surface area contributed by atoms with Crippen LogP contribution in [0, 0.1) is 21.3 Å². The predicted molar refractivity (Wildman–Crippen MR) is 153 cm³/mol. The smallest absolute Gasteiger partial charge is 0.336 e. The number of nitrogens with one attached hydrogen (secondary N) is 1. The van der Waals surface area contributed by atoms with Gasteiger partial charge in [0.15, 0.2) is 0 Å². The monoisotopic (exact) mass is 567 g/mol. The van der Waals surface area contributed by atoms with E-state index < -0.39 is 34.0 Å². The topological polar surface area (TPSA) is 111 Å². The number of methoxy groups -OCH3 is 1. The summed E-state index contributed by atoms with van der Waals surface area (Å²) >= 11 is 0. The number of allylic oxidation sites excluding steroid dienone is 2. The number of ether oxygens (including phenoxy) is 2. The minimum atomic E-state index is -1.26. The Bertz CT molecular complexity index is 1350. The van der Waals surface area contributed by atoms with Gasteiger partial charge in [-0.1, -0.05) is 58.0 Å². The molecular weight excluding hydrogens is 529 g/mol. The summed E-state index contributed by atoms with van der Waals surface area (Å²) in [5, 5.41) is 14.7. The maximum absolute atomic E-state index is 15.4. The van der Waals surface area contributed by atoms with Gasteiger partial charge >= 0.3 is 11.9 Å². The third-order valence-corrected chi connectivity index (χ3v) is 6.95. The molecule has 0 fully saturated rings. The van der Waals surface area contributed by atoms with Crippen LogP contribution in [0.1, 0.15) is 57.6 Å². The fraction of sp³-hybridized carbons (Fsp3) is 0.419. The fourth-order valence-electron chi connectivity index (χ4n) is 5.20. The number of nitro benzene ring substituents is 1. The molecule has 10 heteroatoms. The van der Waals surface area contributed by atoms with Crippen molar-refractivity contribution in [3.8, 4) is 0 Å². The predicted octanol–water partition coefficient (Wildman–Crippen LogP) is 5.62. The van der Waals surface area contributed by atoms with E-state index in [1.165, 1.54) is 7.11 Å². The Balaban J connectivity index is 1.97. The molecular formula is C31H38FN3O6. The zero-order valence-electron chi connectivity index (χ0n) is 24.5. The van der Waals surface area contributed by atoms with Gasteiger partial charge in [0.25, 0.3) is 5.69 Å². The summed E-state index contributed by atoms with van der Waals surface area (Å²) in [6.45, 7) is 8.95. The molecule has 0 saturated carbocycles. The van der Waals surface area contributed by atoms with Crippen molar-refractivity contribution in [1.29, 1.82) is 0 Å². The maximum atomic E-state index is 15.4. The molecule has 9 nitrogen and oxygen atoms in total. The first-order chi connectivity index (χ1) is 19.4. The fourth-order valence-corrected chi connectivity index (χ4v) is 5.20. The number of hydrogen-bond acceptors (Lipinski definition) is 8. The van der Waals surface area contributed by atoms with Crippen LogP contribution in [0.15, 0.2) is 71.1 Å². The molecule has 41 heavy (non-hydrogen) atoms. The number of benzene rings is 2. The minimum absolute atomic E-state index is 0.0143. The van der Waals surface area contributed by atoms with Gasteiger partial charge in [-0.2, -0.15) is 0 Å². The van der Waals surface area contributed by atoms with Gasteiger partial charge in [-0.15, -0.1) is 0 Å². The second-order valence-corrected chi connectivity index (χ2v) is 10.9. The Morgan fingerprint density at radius 1 is 1.05 bits per heavy atom. The summed E-state index contributed by atoms with van der Waals surface area (Å²) in [4.78, 5) is 39.9. The Morgan fingerprint density at radius 3 is 2.22 bits per heavy atom. The SMILES string of the molecule is CCC1=C(C(=O)OC)C(c2cc([N+](=O)[O-])ccc2F)C(C(=O)OCC(C)(C)CN(C)Cc2ccccc2)=C(CC)N1. The summed E-state index contributed by atoms with van der Waals surface area (Å²) in [6, 6.07) is 13.1. The minimum Gasteiger partial charge on any atom is -0.466 e. The van der Waals surface area contributed by atoms with E-state index in [9.17, 15) is 19.7 Å². The molecule has 2 aromatic carbocycles. The number of nitrogens with zero attached hydrogens (tertiary/aromatic N) is 2. The van der Waals surface area contributed by atoms with Gasteiger partial charge < -0.3 is 19.7 Å². The van der Waals surface area contributed by atoms with Crippen LogP contribution in [0.25, 0.3) is 0 Å². The van der Waals surface area contributed by atoms with Gasteiger partial charge in [-0.3, -0.25) is 10.1 Å². The van der Waals surface area contributed by atoms with Crippen molar-refractivity contribution >= 4 is 17.6 Å². The highest BCUT2D eigenvalue weighted by Crippen LogP contribution is 2.42. The first kappa shape index (κ1) is 31.5. The summed E-state index contributed by atoms with van der Waals surface area (Å²) in [5.41, 5.74) is 1.11. The van der Waals surface area contributed by atoms with Gasteiger partial charge in [-0.05, 0) is 31.5 Å². The number of carbonyl (C=O) groups excluding carboxylic acids is 2. The molecule has 1 atom stereocenters. The van der Waals surface area contributed by atoms with Crippen LogP contribution >= 0.6 is 0 Å². The second-order valence-electron chi connectivity index (χ2n) is 10.9. The molecule has 0 amide bonds. The average molecular weight is 568 g/mol. The molecule has 1 unspecified atom stereocenters. The molecule has 0 bridgehead atoms. The van der Waals surface area contributed by atoms with Crippen molar-refractivity contribution in [2.24, 2.45) is 5.41 Å². The van der Waals surface area contributed by atoms with Gasteiger partial charge in [0.05, 0.1) is 35.7 Å². The molecule has 3 rings (SSSR count). The van der Waals surface area contributed by atoms with E-state index in [0.717, 1.165) is 23.8 Å². The highest BCUT2D eigenvalue weighted by Gasteiger charge is 2.41. The molecule has 0 saturated heterocycles. The number of esters is 2. The highest BCUT2D eigenvalue weighted by atomic mass is 19.1. The zero-order valence-corrected chi connectivity index (χ0v) is 24.5. The van der Waals surface area contributed by atoms with Crippen LogP contribution in [-0.4, -0.2) is 49.1 Å². The molecule has 0 aromatic heterocycles. The number of hydrogen-bond donors (Lipinski definition) is 1. The van der Waals surface area contributed by atoms with Gasteiger partial charge in [0.1, 0.15) is 5.82 Å². The summed E-state index contributed by atoms with van der Waals surface area (Å²) in [5.74, 6) is -3.55. The zero-order chi connectivity index (χ0) is 30.3. The highest BCUT2D eigenvalue weighted by molar-refractivity contribution is 6.00. The van der Waals surface area contributed by atoms with Crippen molar-refractivity contribution in [2.75, 3.05) is 27.3 Å². The van der Waals surface area contributed by atoms with Crippen LogP contribution in [-0.2, 0) is 25.6 Å². The van der Waals surface area contributed by atoms with E-state index in [0.29, 0.717) is 37.3 Å². The van der Waals surface area contributed by atoms with Crippen molar-refractivity contribution in [2.45, 2.75) is 53.0 Å². The molecule has 0 spiro atoms. The maximum Gasteiger partial charge on any atom is 0.336 e. The van der Waals surface area contributed by atoms with E-state index in [1.807, 2.05) is 58.2 Å². The Kier molecular flexibility index (Phi) is 10.4. The number of nitro groups is 1. The number of halogens is 1. The standard InChI is InChI=1S/C31H38FN3O6/c1-7-24-27(29(36)40-6)26(22-16-21(35(38)39)14-15-23(22)32)28(25(8-2)33-24)30(37)41-19-31(3,4)18-34(5)17-20-12-10-9-11-13-20/h9-16,26,33H,7-8,17-19H2,1-6H3. The largest absolute Gasteiger partial charge is 0.466 e. The Labute approximate surface area is 240 Å². The van der Waals surface area contributed by atoms with Gasteiger partial charge in [0.2, 0.25) is 0 Å². The summed E-state index contributed by atoms with van der Waals surface area (Å²) in [7, 11) is 3.18. The summed E-state index contributed by atoms with van der Waals surface area (Å²) < 4.78 is 26.2. The van der Waals surface area contributed by atoms with Crippen molar-refractivity contribution < 1.29 is 28.4 Å². The lowest BCUT2D eigenvalue weighted by Crippen LogP contribution is -2.37. The first-order valence-corrected chi connectivity index (χ1v) is 13.6. The lowest BCUT2D eigenvalue weighted by atomic mass is 9.79. The van der Waals surface area contributed by atoms with E-state index >= 15 is 4.39 Å². The van der Waals surface area contributed by atoms with Crippen LogP contribution in [0.3, 0.4) is 0 Å². The normalized spacial score (nSPS) is 15.6. The second kappa shape index (κ2) is 13.5. The lowest BCUT2D eigenvalue weighted by Gasteiger charge is -2.33. The molecule has 0 aliphatic carbocycles. The molecule has 1 N–H and O–H groups in total. The third-order valence-electron chi connectivity index (χ3n) is 6.95. The Hall–Kier alpha value is -4.05. The number of non-ortho nitro benzene ring substituents is 1. The summed E-state index contributed by atoms with van der Waals surface area (Å²) in [6.07, 6.45) is 0.697. The Morgan fingerprint density at radius 2 is 1.66 bits per heavy atom. The molecule has 220 valence electrons. The molecule has 2 aromatic rings. The molecule has 1 aliphatic rings. The van der Waals surface area contributed by atoms with Crippen LogP contribution < -0.4 is 5.32 Å². The van der Waals surface area contributed by atoms with Crippen molar-refractivity contribution in [1.82, 2.24) is 10.2 Å². The van der Waals surface area contributed by atoms with E-state index in [2.05, 4.69) is 10.2 Å². The van der Waals surface area contributed by atoms with Crippen molar-refractivity contribution in [3.63, 3.8) is 0 Å². The number of dihydropyridines is 1. The molecule has 1 aliphatic heterocycles. The van der Waals surface area contributed by atoms with Crippen molar-refractivity contribution in [3.05, 3.63) is 98.1 Å². The molecule has 0 radical (unpaired) electrons. The molecule has 1 heterocycles. The van der Waals surface area contributed by atoms with Crippen LogP contribution in [0.2, 0.25) is 0 Å².